The van der Waals surface area contributed by atoms with Crippen LogP contribution < -0.4 is 5.32 Å². The van der Waals surface area contributed by atoms with Gasteiger partial charge in [-0.3, -0.25) is 4.98 Å². The Labute approximate surface area is 151 Å². The van der Waals surface area contributed by atoms with Crippen molar-refractivity contribution in [3.8, 4) is 0 Å². The fraction of sp³-hybridized carbons (Fsp3) is 0.474. The summed E-state index contributed by atoms with van der Waals surface area (Å²) in [7, 11) is 0. The maximum atomic E-state index is 12.7. The zero-order valence-electron chi connectivity index (χ0n) is 14.1. The van der Waals surface area contributed by atoms with Gasteiger partial charge in [-0.2, -0.15) is 11.3 Å². The number of thiophene rings is 1. The number of aliphatic hydroxyl groups excluding tert-OH is 1. The third-order valence-electron chi connectivity index (χ3n) is 5.35. The van der Waals surface area contributed by atoms with Crippen LogP contribution in [0.5, 0.6) is 0 Å². The lowest BCUT2D eigenvalue weighted by molar-refractivity contribution is 0.207. The van der Waals surface area contributed by atoms with Crippen molar-refractivity contribution in [3.05, 3.63) is 45.9 Å². The van der Waals surface area contributed by atoms with E-state index in [2.05, 4.69) is 27.8 Å². The number of pyridine rings is 1. The number of aliphatic hydroxyl groups is 1. The van der Waals surface area contributed by atoms with E-state index in [-0.39, 0.29) is 24.5 Å². The Balaban J connectivity index is 1.44. The van der Waals surface area contributed by atoms with Crippen molar-refractivity contribution in [1.29, 1.82) is 0 Å². The molecule has 0 aromatic carbocycles. The molecular weight excluding hydrogens is 334 g/mol. The standard InChI is InChI=1S/C19H23N3O2S/c23-11-15-9-22(10-17(15)14-5-6-25-12-14)19(24)21-16-7-13-3-1-2-4-18(13)20-8-16/h5-8,12,15,17,23H,1-4,9-11H2,(H,21,24)/t15-,17-/m0/s1. The Hall–Kier alpha value is -1.92. The van der Waals surface area contributed by atoms with Gasteiger partial charge in [-0.1, -0.05) is 0 Å². The normalized spacial score (nSPS) is 22.7. The molecule has 6 heteroatoms. The molecule has 2 aromatic heterocycles. The molecule has 2 aromatic rings. The molecule has 0 unspecified atom stereocenters. The summed E-state index contributed by atoms with van der Waals surface area (Å²) in [5.74, 6) is 0.311. The molecule has 0 radical (unpaired) electrons. The van der Waals surface area contributed by atoms with Crippen molar-refractivity contribution in [2.75, 3.05) is 25.0 Å². The van der Waals surface area contributed by atoms with Gasteiger partial charge < -0.3 is 15.3 Å². The van der Waals surface area contributed by atoms with Crippen molar-refractivity contribution in [3.63, 3.8) is 0 Å². The molecule has 0 bridgehead atoms. The van der Waals surface area contributed by atoms with Gasteiger partial charge in [0, 0.05) is 37.2 Å². The minimum atomic E-state index is -0.103. The van der Waals surface area contributed by atoms with Gasteiger partial charge in [-0.05, 0) is 59.7 Å². The van der Waals surface area contributed by atoms with E-state index in [1.807, 2.05) is 10.3 Å². The van der Waals surface area contributed by atoms with E-state index in [1.165, 1.54) is 29.7 Å². The number of anilines is 1. The summed E-state index contributed by atoms with van der Waals surface area (Å²) < 4.78 is 0. The molecule has 1 aliphatic carbocycles. The molecule has 1 saturated heterocycles. The molecule has 2 aliphatic rings. The van der Waals surface area contributed by atoms with Crippen LogP contribution in [0.4, 0.5) is 10.5 Å². The van der Waals surface area contributed by atoms with Gasteiger partial charge >= 0.3 is 6.03 Å². The van der Waals surface area contributed by atoms with Crippen LogP contribution in [0.3, 0.4) is 0 Å². The molecule has 1 aliphatic heterocycles. The quantitative estimate of drug-likeness (QED) is 0.886. The third-order valence-corrected chi connectivity index (χ3v) is 6.06. The van der Waals surface area contributed by atoms with Crippen molar-refractivity contribution < 1.29 is 9.90 Å². The number of nitrogens with one attached hydrogen (secondary N) is 1. The van der Waals surface area contributed by atoms with Crippen LogP contribution in [0.15, 0.2) is 29.1 Å². The maximum absolute atomic E-state index is 12.7. The largest absolute Gasteiger partial charge is 0.396 e. The summed E-state index contributed by atoms with van der Waals surface area (Å²) in [4.78, 5) is 19.0. The predicted octanol–water partition coefficient (Wildman–Crippen LogP) is 3.26. The number of nitrogens with zero attached hydrogens (tertiary/aromatic N) is 2. The van der Waals surface area contributed by atoms with Crippen LogP contribution in [0.2, 0.25) is 0 Å². The van der Waals surface area contributed by atoms with E-state index >= 15 is 0 Å². The zero-order valence-corrected chi connectivity index (χ0v) is 15.0. The summed E-state index contributed by atoms with van der Waals surface area (Å²) in [6, 6.07) is 4.05. The van der Waals surface area contributed by atoms with Gasteiger partial charge in [0.25, 0.3) is 0 Å². The molecule has 2 N–H and O–H groups in total. The van der Waals surface area contributed by atoms with Crippen LogP contribution in [0.25, 0.3) is 0 Å². The summed E-state index contributed by atoms with van der Waals surface area (Å²) >= 11 is 1.66. The smallest absolute Gasteiger partial charge is 0.321 e. The fourth-order valence-electron chi connectivity index (χ4n) is 3.94. The Kier molecular flexibility index (Phi) is 4.72. The van der Waals surface area contributed by atoms with Crippen LogP contribution in [-0.2, 0) is 12.8 Å². The highest BCUT2D eigenvalue weighted by Gasteiger charge is 2.36. The van der Waals surface area contributed by atoms with Crippen LogP contribution in [0, 0.1) is 5.92 Å². The predicted molar refractivity (Wildman–Crippen MR) is 99.1 cm³/mol. The average Bonchev–Trinajstić information content (AvgIpc) is 3.30. The second-order valence-electron chi connectivity index (χ2n) is 6.98. The summed E-state index contributed by atoms with van der Waals surface area (Å²) in [5.41, 5.74) is 4.41. The minimum absolute atomic E-state index is 0.0991. The average molecular weight is 357 g/mol. The molecule has 0 spiro atoms. The second kappa shape index (κ2) is 7.14. The molecule has 1 fully saturated rings. The molecule has 2 atom stereocenters. The van der Waals surface area contributed by atoms with Crippen molar-refractivity contribution in [1.82, 2.24) is 9.88 Å². The topological polar surface area (TPSA) is 65.5 Å². The second-order valence-corrected chi connectivity index (χ2v) is 7.76. The van der Waals surface area contributed by atoms with Gasteiger partial charge in [0.05, 0.1) is 11.9 Å². The third kappa shape index (κ3) is 3.41. The van der Waals surface area contributed by atoms with Crippen LogP contribution in [-0.4, -0.2) is 40.7 Å². The van der Waals surface area contributed by atoms with Crippen molar-refractivity contribution in [2.24, 2.45) is 5.92 Å². The molecule has 2 amide bonds. The molecule has 5 nitrogen and oxygen atoms in total. The lowest BCUT2D eigenvalue weighted by Crippen LogP contribution is -2.33. The highest BCUT2D eigenvalue weighted by atomic mass is 32.1. The monoisotopic (exact) mass is 357 g/mol. The highest BCUT2D eigenvalue weighted by molar-refractivity contribution is 7.08. The number of fused-ring (bicyclic) bond motifs is 1. The van der Waals surface area contributed by atoms with E-state index in [0.29, 0.717) is 13.1 Å². The lowest BCUT2D eigenvalue weighted by atomic mass is 9.92. The number of carbonyl (C=O) groups excluding carboxylic acids is 1. The summed E-state index contributed by atoms with van der Waals surface area (Å²) in [6.07, 6.45) is 6.24. The highest BCUT2D eigenvalue weighted by Crippen LogP contribution is 2.34. The van der Waals surface area contributed by atoms with Gasteiger partial charge in [0.15, 0.2) is 0 Å². The van der Waals surface area contributed by atoms with E-state index in [0.717, 1.165) is 18.5 Å². The number of aryl methyl sites for hydroxylation is 2. The van der Waals surface area contributed by atoms with Crippen LogP contribution >= 0.6 is 11.3 Å². The van der Waals surface area contributed by atoms with Crippen molar-refractivity contribution in [2.45, 2.75) is 31.6 Å². The van der Waals surface area contributed by atoms with Gasteiger partial charge in [0.1, 0.15) is 0 Å². The summed E-state index contributed by atoms with van der Waals surface area (Å²) in [5, 5.41) is 16.8. The summed E-state index contributed by atoms with van der Waals surface area (Å²) in [6.45, 7) is 1.33. The first-order valence-corrected chi connectivity index (χ1v) is 9.85. The molecular formula is C19H23N3O2S. The van der Waals surface area contributed by atoms with E-state index in [4.69, 9.17) is 0 Å². The number of carbonyl (C=O) groups is 1. The SMILES string of the molecule is O=C(Nc1cnc2c(c1)CCCC2)N1C[C@@H](CO)[C@H](c2ccsc2)C1. The first-order valence-electron chi connectivity index (χ1n) is 8.91. The van der Waals surface area contributed by atoms with Gasteiger partial charge in [-0.25, -0.2) is 4.79 Å². The Morgan fingerprint density at radius 3 is 3.04 bits per heavy atom. The minimum Gasteiger partial charge on any atom is -0.396 e. The van der Waals surface area contributed by atoms with Crippen molar-refractivity contribution >= 4 is 23.1 Å². The van der Waals surface area contributed by atoms with E-state index in [1.54, 1.807) is 17.5 Å². The van der Waals surface area contributed by atoms with E-state index < -0.39 is 0 Å². The molecule has 3 heterocycles. The number of amides is 2. The number of hydrogen-bond acceptors (Lipinski definition) is 4. The molecule has 0 saturated carbocycles. The number of likely N-dealkylation sites (tertiary alicyclic amines) is 1. The molecule has 25 heavy (non-hydrogen) atoms. The van der Waals surface area contributed by atoms with E-state index in [9.17, 15) is 9.90 Å². The lowest BCUT2D eigenvalue weighted by Gasteiger charge is -2.19. The van der Waals surface area contributed by atoms with Crippen LogP contribution in [0.1, 0.15) is 35.6 Å². The zero-order chi connectivity index (χ0) is 17.2. The molecule has 132 valence electrons. The number of aromatic nitrogens is 1. The number of hydrogen-bond donors (Lipinski definition) is 2. The van der Waals surface area contributed by atoms with Gasteiger partial charge in [-0.15, -0.1) is 0 Å². The number of rotatable bonds is 3. The maximum Gasteiger partial charge on any atom is 0.321 e. The first kappa shape index (κ1) is 16.5. The molecule has 4 rings (SSSR count). The van der Waals surface area contributed by atoms with Gasteiger partial charge in [0.2, 0.25) is 0 Å². The Morgan fingerprint density at radius 2 is 2.24 bits per heavy atom. The fourth-order valence-corrected chi connectivity index (χ4v) is 4.67. The Bertz CT molecular complexity index is 747. The Morgan fingerprint density at radius 1 is 1.36 bits per heavy atom. The first-order chi connectivity index (χ1) is 12.2. The number of urea groups is 1.